The first-order valence-corrected chi connectivity index (χ1v) is 11.9. The van der Waals surface area contributed by atoms with Crippen LogP contribution in [0.5, 0.6) is 0 Å². The monoisotopic (exact) mass is 441 g/mol. The number of anilines is 1. The van der Waals surface area contributed by atoms with Crippen LogP contribution in [0.15, 0.2) is 28.8 Å². The lowest BCUT2D eigenvalue weighted by Gasteiger charge is -2.31. The van der Waals surface area contributed by atoms with Crippen LogP contribution in [0.4, 0.5) is 5.69 Å². The molecule has 8 heteroatoms. The van der Waals surface area contributed by atoms with Gasteiger partial charge in [0.2, 0.25) is 5.89 Å². The second kappa shape index (κ2) is 10.0. The largest absolute Gasteiger partial charge is 0.393 e. The molecule has 4 rings (SSSR count). The van der Waals surface area contributed by atoms with Crippen molar-refractivity contribution in [3.05, 3.63) is 41.5 Å². The highest BCUT2D eigenvalue weighted by atomic mass is 16.5. The van der Waals surface area contributed by atoms with Crippen LogP contribution in [0.2, 0.25) is 0 Å². The summed E-state index contributed by atoms with van der Waals surface area (Å²) in [5.41, 5.74) is 1.15. The highest BCUT2D eigenvalue weighted by molar-refractivity contribution is 5.95. The van der Waals surface area contributed by atoms with Gasteiger partial charge in [-0.1, -0.05) is 31.8 Å². The average molecular weight is 442 g/mol. The number of nitrogens with one attached hydrogen (secondary N) is 1. The fourth-order valence-electron chi connectivity index (χ4n) is 4.77. The number of nitrogens with zero attached hydrogens (tertiary/aromatic N) is 4. The van der Waals surface area contributed by atoms with E-state index in [4.69, 9.17) is 4.52 Å². The molecule has 1 aromatic carbocycles. The number of piperidine rings is 1. The molecule has 1 aliphatic carbocycles. The second-order valence-electron chi connectivity index (χ2n) is 8.98. The van der Waals surface area contributed by atoms with Gasteiger partial charge < -0.3 is 19.8 Å². The molecule has 0 radical (unpaired) electrons. The number of aromatic nitrogens is 2. The van der Waals surface area contributed by atoms with E-state index in [9.17, 15) is 9.90 Å². The van der Waals surface area contributed by atoms with Gasteiger partial charge in [0.25, 0.3) is 5.91 Å². The minimum atomic E-state index is -0.566. The second-order valence-corrected chi connectivity index (χ2v) is 8.98. The van der Waals surface area contributed by atoms with E-state index in [-0.39, 0.29) is 12.0 Å². The van der Waals surface area contributed by atoms with E-state index in [1.807, 2.05) is 24.3 Å². The molecule has 0 spiro atoms. The third-order valence-corrected chi connectivity index (χ3v) is 6.92. The van der Waals surface area contributed by atoms with Gasteiger partial charge in [0.1, 0.15) is 5.54 Å². The Labute approximate surface area is 190 Å². The first kappa shape index (κ1) is 22.7. The minimum Gasteiger partial charge on any atom is -0.393 e. The lowest BCUT2D eigenvalue weighted by molar-refractivity contribution is 0.0892. The molecule has 0 unspecified atom stereocenters. The lowest BCUT2D eigenvalue weighted by atomic mass is 9.95. The number of hydrogen-bond acceptors (Lipinski definition) is 7. The zero-order valence-corrected chi connectivity index (χ0v) is 19.2. The molecule has 2 aromatic rings. The van der Waals surface area contributed by atoms with Crippen molar-refractivity contribution in [2.24, 2.45) is 0 Å². The number of aliphatic hydroxyl groups is 1. The maximum Gasteiger partial charge on any atom is 0.252 e. The van der Waals surface area contributed by atoms with E-state index < -0.39 is 5.54 Å². The zero-order chi connectivity index (χ0) is 22.6. The standard InChI is InChI=1S/C24H35N5O3/c1-3-28(4-2)17-21-25-23(27-32-21)24(13-5-6-14-24)26-22(31)18-7-9-19(10-8-18)29-15-11-20(30)12-16-29/h7-10,20,30H,3-6,11-17H2,1-2H3,(H,26,31). The fourth-order valence-corrected chi connectivity index (χ4v) is 4.77. The lowest BCUT2D eigenvalue weighted by Crippen LogP contribution is -2.44. The Balaban J connectivity index is 1.45. The van der Waals surface area contributed by atoms with Gasteiger partial charge in [-0.15, -0.1) is 0 Å². The molecule has 1 aromatic heterocycles. The highest BCUT2D eigenvalue weighted by Crippen LogP contribution is 2.37. The molecule has 0 bridgehead atoms. The van der Waals surface area contributed by atoms with Crippen molar-refractivity contribution in [1.82, 2.24) is 20.4 Å². The maximum absolute atomic E-state index is 13.1. The Morgan fingerprint density at radius 3 is 2.47 bits per heavy atom. The van der Waals surface area contributed by atoms with Crippen LogP contribution in [-0.4, -0.2) is 58.3 Å². The van der Waals surface area contributed by atoms with E-state index in [1.165, 1.54) is 0 Å². The van der Waals surface area contributed by atoms with Crippen molar-refractivity contribution in [3.63, 3.8) is 0 Å². The molecular weight excluding hydrogens is 406 g/mol. The van der Waals surface area contributed by atoms with E-state index >= 15 is 0 Å². The van der Waals surface area contributed by atoms with E-state index in [1.54, 1.807) is 0 Å². The van der Waals surface area contributed by atoms with Crippen LogP contribution < -0.4 is 10.2 Å². The highest BCUT2D eigenvalue weighted by Gasteiger charge is 2.41. The summed E-state index contributed by atoms with van der Waals surface area (Å²) < 4.78 is 5.54. The SMILES string of the molecule is CCN(CC)Cc1nc(C2(NC(=O)c3ccc(N4CCC(O)CC4)cc3)CCCC2)no1. The molecular formula is C24H35N5O3. The Kier molecular flexibility index (Phi) is 7.10. The van der Waals surface area contributed by atoms with E-state index in [0.717, 1.165) is 70.4 Å². The molecule has 1 saturated carbocycles. The van der Waals surface area contributed by atoms with Crippen molar-refractivity contribution in [2.75, 3.05) is 31.1 Å². The van der Waals surface area contributed by atoms with Crippen LogP contribution in [0.25, 0.3) is 0 Å². The van der Waals surface area contributed by atoms with Crippen molar-refractivity contribution in [1.29, 1.82) is 0 Å². The number of carbonyl (C=O) groups is 1. The molecule has 1 aliphatic heterocycles. The summed E-state index contributed by atoms with van der Waals surface area (Å²) in [6.07, 6.45) is 5.06. The Morgan fingerprint density at radius 2 is 1.84 bits per heavy atom. The zero-order valence-electron chi connectivity index (χ0n) is 19.2. The molecule has 2 heterocycles. The molecule has 1 saturated heterocycles. The first-order chi connectivity index (χ1) is 15.5. The van der Waals surface area contributed by atoms with E-state index in [0.29, 0.717) is 23.8 Å². The summed E-state index contributed by atoms with van der Waals surface area (Å²) >= 11 is 0. The number of hydrogen-bond donors (Lipinski definition) is 2. The van der Waals surface area contributed by atoms with Gasteiger partial charge in [0.05, 0.1) is 12.6 Å². The average Bonchev–Trinajstić information content (AvgIpc) is 3.48. The van der Waals surface area contributed by atoms with Gasteiger partial charge in [-0.25, -0.2) is 0 Å². The molecule has 32 heavy (non-hydrogen) atoms. The third kappa shape index (κ3) is 4.96. The molecule has 2 aliphatic rings. The predicted octanol–water partition coefficient (Wildman–Crippen LogP) is 3.07. The van der Waals surface area contributed by atoms with Crippen LogP contribution in [0.1, 0.15) is 74.4 Å². The van der Waals surface area contributed by atoms with Gasteiger partial charge in [-0.05, 0) is 63.0 Å². The molecule has 2 fully saturated rings. The number of benzene rings is 1. The first-order valence-electron chi connectivity index (χ1n) is 11.9. The van der Waals surface area contributed by atoms with Crippen LogP contribution in [0.3, 0.4) is 0 Å². The van der Waals surface area contributed by atoms with Gasteiger partial charge in [-0.2, -0.15) is 4.98 Å². The molecule has 8 nitrogen and oxygen atoms in total. The Bertz CT molecular complexity index is 879. The number of aliphatic hydroxyl groups excluding tert-OH is 1. The summed E-state index contributed by atoms with van der Waals surface area (Å²) in [4.78, 5) is 22.3. The minimum absolute atomic E-state index is 0.109. The number of rotatable bonds is 8. The van der Waals surface area contributed by atoms with Crippen LogP contribution in [0, 0.1) is 0 Å². The Hall–Kier alpha value is -2.45. The molecule has 2 N–H and O–H groups in total. The summed E-state index contributed by atoms with van der Waals surface area (Å²) in [6, 6.07) is 7.73. The van der Waals surface area contributed by atoms with Crippen LogP contribution in [-0.2, 0) is 12.1 Å². The smallest absolute Gasteiger partial charge is 0.252 e. The topological polar surface area (TPSA) is 94.7 Å². The predicted molar refractivity (Wildman–Crippen MR) is 122 cm³/mol. The molecule has 0 atom stereocenters. The maximum atomic E-state index is 13.1. The van der Waals surface area contributed by atoms with Gasteiger partial charge in [0.15, 0.2) is 5.82 Å². The Morgan fingerprint density at radius 1 is 1.19 bits per heavy atom. The van der Waals surface area contributed by atoms with Crippen LogP contribution >= 0.6 is 0 Å². The summed E-state index contributed by atoms with van der Waals surface area (Å²) in [6.45, 7) is 8.36. The molecule has 1 amide bonds. The fraction of sp³-hybridized carbons (Fsp3) is 0.625. The van der Waals surface area contributed by atoms with Crippen molar-refractivity contribution in [3.8, 4) is 0 Å². The van der Waals surface area contributed by atoms with Crippen molar-refractivity contribution < 1.29 is 14.4 Å². The van der Waals surface area contributed by atoms with Crippen molar-refractivity contribution >= 4 is 11.6 Å². The van der Waals surface area contributed by atoms with E-state index in [2.05, 4.69) is 39.1 Å². The normalized spacial score (nSPS) is 18.9. The summed E-state index contributed by atoms with van der Waals surface area (Å²) in [5.74, 6) is 1.08. The summed E-state index contributed by atoms with van der Waals surface area (Å²) in [7, 11) is 0. The number of carbonyl (C=O) groups excluding carboxylic acids is 1. The summed E-state index contributed by atoms with van der Waals surface area (Å²) in [5, 5.41) is 17.2. The van der Waals surface area contributed by atoms with Gasteiger partial charge in [0, 0.05) is 24.3 Å². The molecule has 174 valence electrons. The van der Waals surface area contributed by atoms with Gasteiger partial charge in [-0.3, -0.25) is 9.69 Å². The number of amides is 1. The van der Waals surface area contributed by atoms with Crippen molar-refractivity contribution in [2.45, 2.75) is 70.6 Å². The quantitative estimate of drug-likeness (QED) is 0.650. The van der Waals surface area contributed by atoms with Gasteiger partial charge >= 0.3 is 0 Å². The third-order valence-electron chi connectivity index (χ3n) is 6.92.